The molecular weight excluding hydrogens is 454 g/mol. The van der Waals surface area contributed by atoms with Crippen molar-refractivity contribution in [3.8, 4) is 0 Å². The van der Waals surface area contributed by atoms with Crippen molar-refractivity contribution < 1.29 is 52.5 Å². The van der Waals surface area contributed by atoms with Gasteiger partial charge in [0.25, 0.3) is 5.91 Å². The van der Waals surface area contributed by atoms with Crippen LogP contribution in [-0.2, 0) is 52.5 Å². The maximum atomic E-state index is 13.4. The average molecular weight is 490 g/mol. The molecule has 194 valence electrons. The fourth-order valence-electron chi connectivity index (χ4n) is 3.14. The van der Waals surface area contributed by atoms with Gasteiger partial charge in [0.2, 0.25) is 6.10 Å². The third kappa shape index (κ3) is 11.6. The van der Waals surface area contributed by atoms with E-state index in [4.69, 9.17) is 23.7 Å². The number of ether oxygens (including phenoxy) is 5. The highest BCUT2D eigenvalue weighted by Crippen LogP contribution is 2.22. The van der Waals surface area contributed by atoms with Gasteiger partial charge in [-0.05, 0) is 12.8 Å². The van der Waals surface area contributed by atoms with Gasteiger partial charge in [-0.15, -0.1) is 0 Å². The van der Waals surface area contributed by atoms with E-state index in [0.717, 1.165) is 34.6 Å². The van der Waals surface area contributed by atoms with Crippen molar-refractivity contribution in [2.45, 2.75) is 85.7 Å². The third-order valence-corrected chi connectivity index (χ3v) is 4.20. The van der Waals surface area contributed by atoms with E-state index in [9.17, 15) is 28.8 Å². The average Bonchev–Trinajstić information content (AvgIpc) is 2.70. The molecule has 0 heterocycles. The Hall–Kier alpha value is -3.18. The normalized spacial score (nSPS) is 14.0. The van der Waals surface area contributed by atoms with Gasteiger partial charge in [0.15, 0.2) is 18.3 Å². The predicted octanol–water partition coefficient (Wildman–Crippen LogP) is 0.925. The van der Waals surface area contributed by atoms with Crippen LogP contribution >= 0.6 is 0 Å². The number of nitrogens with zero attached hydrogens (tertiary/aromatic N) is 1. The Morgan fingerprint density at radius 1 is 0.618 bits per heavy atom. The molecule has 0 aromatic carbocycles. The molecule has 0 radical (unpaired) electrons. The minimum atomic E-state index is -1.74. The van der Waals surface area contributed by atoms with Crippen LogP contribution in [0.25, 0.3) is 0 Å². The van der Waals surface area contributed by atoms with Crippen molar-refractivity contribution in [2.75, 3.05) is 19.7 Å². The number of carbonyl (C=O) groups is 6. The van der Waals surface area contributed by atoms with Crippen LogP contribution in [0.1, 0.15) is 61.3 Å². The van der Waals surface area contributed by atoms with Crippen molar-refractivity contribution in [2.24, 2.45) is 0 Å². The molecule has 12 heteroatoms. The van der Waals surface area contributed by atoms with E-state index < -0.39 is 66.8 Å². The summed E-state index contributed by atoms with van der Waals surface area (Å²) in [6, 6.07) is 0. The Morgan fingerprint density at radius 3 is 1.44 bits per heavy atom. The molecule has 0 fully saturated rings. The zero-order valence-corrected chi connectivity index (χ0v) is 20.8. The molecule has 0 aliphatic carbocycles. The summed E-state index contributed by atoms with van der Waals surface area (Å²) >= 11 is 0. The highest BCUT2D eigenvalue weighted by Gasteiger charge is 2.47. The van der Waals surface area contributed by atoms with Crippen LogP contribution in [0.5, 0.6) is 0 Å². The molecule has 0 N–H and O–H groups in total. The molecule has 0 saturated carbocycles. The molecule has 1 amide bonds. The van der Waals surface area contributed by atoms with Crippen LogP contribution in [0.15, 0.2) is 0 Å². The fourth-order valence-corrected chi connectivity index (χ4v) is 3.14. The molecule has 12 nitrogen and oxygen atoms in total. The lowest BCUT2D eigenvalue weighted by Gasteiger charge is -2.36. The molecule has 4 unspecified atom stereocenters. The summed E-state index contributed by atoms with van der Waals surface area (Å²) in [4.78, 5) is 73.7. The van der Waals surface area contributed by atoms with Gasteiger partial charge in [-0.3, -0.25) is 28.8 Å². The topological polar surface area (TPSA) is 152 Å². The monoisotopic (exact) mass is 489 g/mol. The second-order valence-electron chi connectivity index (χ2n) is 7.45. The molecule has 0 saturated heterocycles. The van der Waals surface area contributed by atoms with E-state index in [-0.39, 0.29) is 0 Å². The Balaban J connectivity index is 6.64. The first-order valence-corrected chi connectivity index (χ1v) is 10.9. The summed E-state index contributed by atoms with van der Waals surface area (Å²) in [6.45, 7) is 9.03. The zero-order valence-electron chi connectivity index (χ0n) is 20.8. The van der Waals surface area contributed by atoms with Crippen LogP contribution in [0, 0.1) is 0 Å². The highest BCUT2D eigenvalue weighted by atomic mass is 16.6. The van der Waals surface area contributed by atoms with Gasteiger partial charge >= 0.3 is 29.8 Å². The Labute approximate surface area is 199 Å². The SMILES string of the molecule is CCCN(CCC)C(=O)C(OC(C)=O)C(OC(C)=O)C(OC(C)=O)C(COC(C)=O)OC(C)=O. The first kappa shape index (κ1) is 30.8. The lowest BCUT2D eigenvalue weighted by atomic mass is 10.0. The maximum absolute atomic E-state index is 13.4. The fraction of sp³-hybridized carbons (Fsp3) is 0.727. The van der Waals surface area contributed by atoms with Crippen molar-refractivity contribution in [3.63, 3.8) is 0 Å². The molecule has 34 heavy (non-hydrogen) atoms. The molecule has 0 aromatic heterocycles. The molecular formula is C22H35NO11. The van der Waals surface area contributed by atoms with Gasteiger partial charge in [0, 0.05) is 47.7 Å². The number of hydrogen-bond donors (Lipinski definition) is 0. The summed E-state index contributed by atoms with van der Waals surface area (Å²) in [6.07, 6.45) is -5.40. The second kappa shape index (κ2) is 15.6. The van der Waals surface area contributed by atoms with Gasteiger partial charge in [0.1, 0.15) is 6.61 Å². The first-order chi connectivity index (χ1) is 15.8. The van der Waals surface area contributed by atoms with Crippen molar-refractivity contribution in [3.05, 3.63) is 0 Å². The zero-order chi connectivity index (χ0) is 26.4. The Morgan fingerprint density at radius 2 is 1.06 bits per heavy atom. The van der Waals surface area contributed by atoms with Crippen LogP contribution in [-0.4, -0.2) is 84.8 Å². The molecule has 0 aliphatic heterocycles. The van der Waals surface area contributed by atoms with E-state index >= 15 is 0 Å². The smallest absolute Gasteiger partial charge is 0.303 e. The maximum Gasteiger partial charge on any atom is 0.303 e. The molecule has 4 atom stereocenters. The Bertz CT molecular complexity index is 730. The standard InChI is InChI=1S/C22H35NO11/c1-8-10-23(11-9-2)22(29)21(34-17(7)28)20(33-16(6)27)19(32-15(5)26)18(31-14(4)25)12-30-13(3)24/h18-21H,8-12H2,1-7H3. The molecule has 0 bridgehead atoms. The number of esters is 5. The molecule has 0 aromatic rings. The lowest BCUT2D eigenvalue weighted by molar-refractivity contribution is -0.205. The number of amides is 1. The summed E-state index contributed by atoms with van der Waals surface area (Å²) in [5.41, 5.74) is 0. The minimum absolute atomic E-state index is 0.316. The van der Waals surface area contributed by atoms with Crippen LogP contribution in [0.3, 0.4) is 0 Å². The number of rotatable bonds is 14. The quantitative estimate of drug-likeness (QED) is 0.253. The number of carbonyl (C=O) groups excluding carboxylic acids is 6. The second-order valence-corrected chi connectivity index (χ2v) is 7.45. The number of hydrogen-bond acceptors (Lipinski definition) is 11. The van der Waals surface area contributed by atoms with Gasteiger partial charge in [-0.1, -0.05) is 13.8 Å². The van der Waals surface area contributed by atoms with Gasteiger partial charge in [-0.2, -0.15) is 0 Å². The Kier molecular flexibility index (Phi) is 14.2. The van der Waals surface area contributed by atoms with Gasteiger partial charge in [0.05, 0.1) is 0 Å². The van der Waals surface area contributed by atoms with Gasteiger partial charge in [-0.25, -0.2) is 0 Å². The van der Waals surface area contributed by atoms with E-state index in [0.29, 0.717) is 25.9 Å². The summed E-state index contributed by atoms with van der Waals surface area (Å²) < 4.78 is 25.9. The largest absolute Gasteiger partial charge is 0.462 e. The van der Waals surface area contributed by atoms with Crippen molar-refractivity contribution >= 4 is 35.8 Å². The molecule has 0 rings (SSSR count). The van der Waals surface area contributed by atoms with Gasteiger partial charge < -0.3 is 28.6 Å². The summed E-state index contributed by atoms with van der Waals surface area (Å²) in [7, 11) is 0. The minimum Gasteiger partial charge on any atom is -0.462 e. The highest BCUT2D eigenvalue weighted by molar-refractivity contribution is 5.85. The van der Waals surface area contributed by atoms with E-state index in [1.54, 1.807) is 0 Å². The summed E-state index contributed by atoms with van der Waals surface area (Å²) in [5, 5.41) is 0. The van der Waals surface area contributed by atoms with Crippen LogP contribution in [0.4, 0.5) is 0 Å². The van der Waals surface area contributed by atoms with Crippen LogP contribution in [0.2, 0.25) is 0 Å². The first-order valence-electron chi connectivity index (χ1n) is 10.9. The lowest BCUT2D eigenvalue weighted by Crippen LogP contribution is -2.57. The van der Waals surface area contributed by atoms with Crippen molar-refractivity contribution in [1.29, 1.82) is 0 Å². The molecule has 0 spiro atoms. The third-order valence-electron chi connectivity index (χ3n) is 4.20. The van der Waals surface area contributed by atoms with Crippen LogP contribution < -0.4 is 0 Å². The van der Waals surface area contributed by atoms with E-state index in [2.05, 4.69) is 0 Å². The summed E-state index contributed by atoms with van der Waals surface area (Å²) in [5.74, 6) is -4.89. The van der Waals surface area contributed by atoms with E-state index in [1.807, 2.05) is 13.8 Å². The molecule has 0 aliphatic rings. The van der Waals surface area contributed by atoms with E-state index in [1.165, 1.54) is 4.90 Å². The predicted molar refractivity (Wildman–Crippen MR) is 116 cm³/mol. The van der Waals surface area contributed by atoms with Crippen molar-refractivity contribution in [1.82, 2.24) is 4.90 Å².